The molecular formula is C14H10F5N. The third-order valence-electron chi connectivity index (χ3n) is 2.69. The number of benzene rings is 2. The molecule has 0 aromatic heterocycles. The van der Waals surface area contributed by atoms with Gasteiger partial charge in [0.2, 0.25) is 0 Å². The van der Waals surface area contributed by atoms with E-state index >= 15 is 0 Å². The Labute approximate surface area is 112 Å². The number of alkyl halides is 3. The fourth-order valence-corrected chi connectivity index (χ4v) is 1.64. The second-order valence-electron chi connectivity index (χ2n) is 4.17. The van der Waals surface area contributed by atoms with Crippen molar-refractivity contribution in [3.63, 3.8) is 0 Å². The van der Waals surface area contributed by atoms with Crippen molar-refractivity contribution < 1.29 is 22.0 Å². The van der Waals surface area contributed by atoms with E-state index in [1.807, 2.05) is 0 Å². The summed E-state index contributed by atoms with van der Waals surface area (Å²) in [5.41, 5.74) is -0.259. The van der Waals surface area contributed by atoms with E-state index in [9.17, 15) is 22.0 Å². The van der Waals surface area contributed by atoms with Crippen LogP contribution in [0.4, 0.5) is 27.6 Å². The Hall–Kier alpha value is -2.11. The van der Waals surface area contributed by atoms with Gasteiger partial charge in [-0.25, -0.2) is 8.78 Å². The molecule has 0 fully saturated rings. The Kier molecular flexibility index (Phi) is 3.92. The Morgan fingerprint density at radius 2 is 1.55 bits per heavy atom. The summed E-state index contributed by atoms with van der Waals surface area (Å²) in [5.74, 6) is -1.22. The van der Waals surface area contributed by atoms with Crippen LogP contribution in [0.5, 0.6) is 0 Å². The van der Waals surface area contributed by atoms with Crippen LogP contribution in [0.1, 0.15) is 11.1 Å². The average Bonchev–Trinajstić information content (AvgIpc) is 2.39. The standard InChI is InChI=1S/C14H10F5N/c15-11-5-6-12(16)13(7-11)20-8-9-1-3-10(4-2-9)14(17,18)19/h1-7,20H,8H2. The van der Waals surface area contributed by atoms with Gasteiger partial charge in [0.15, 0.2) is 0 Å². The van der Waals surface area contributed by atoms with Crippen LogP contribution < -0.4 is 5.32 Å². The predicted molar refractivity (Wildman–Crippen MR) is 65.1 cm³/mol. The lowest BCUT2D eigenvalue weighted by atomic mass is 10.1. The number of hydrogen-bond donors (Lipinski definition) is 1. The Bertz CT molecular complexity index is 590. The smallest absolute Gasteiger partial charge is 0.379 e. The van der Waals surface area contributed by atoms with Crippen molar-refractivity contribution in [1.29, 1.82) is 0 Å². The lowest BCUT2D eigenvalue weighted by Gasteiger charge is -2.10. The zero-order valence-corrected chi connectivity index (χ0v) is 10.1. The highest BCUT2D eigenvalue weighted by Gasteiger charge is 2.29. The van der Waals surface area contributed by atoms with Crippen molar-refractivity contribution >= 4 is 5.69 Å². The number of rotatable bonds is 3. The maximum atomic E-state index is 13.3. The third kappa shape index (κ3) is 3.46. The van der Waals surface area contributed by atoms with E-state index in [2.05, 4.69) is 5.32 Å². The van der Waals surface area contributed by atoms with Crippen molar-refractivity contribution in [2.45, 2.75) is 12.7 Å². The first kappa shape index (κ1) is 14.3. The van der Waals surface area contributed by atoms with Gasteiger partial charge in [0.05, 0.1) is 11.3 Å². The summed E-state index contributed by atoms with van der Waals surface area (Å²) in [6.45, 7) is 0.0957. The SMILES string of the molecule is Fc1ccc(F)c(NCc2ccc(C(F)(F)F)cc2)c1. The van der Waals surface area contributed by atoms with Gasteiger partial charge >= 0.3 is 6.18 Å². The number of nitrogens with one attached hydrogen (secondary N) is 1. The second-order valence-corrected chi connectivity index (χ2v) is 4.17. The summed E-state index contributed by atoms with van der Waals surface area (Å²) in [6.07, 6.45) is -4.39. The summed E-state index contributed by atoms with van der Waals surface area (Å²) in [6, 6.07) is 7.40. The van der Waals surface area contributed by atoms with Crippen LogP contribution in [-0.2, 0) is 12.7 Å². The number of anilines is 1. The van der Waals surface area contributed by atoms with Crippen molar-refractivity contribution in [1.82, 2.24) is 0 Å². The van der Waals surface area contributed by atoms with Gasteiger partial charge in [-0.1, -0.05) is 12.1 Å². The molecule has 20 heavy (non-hydrogen) atoms. The maximum Gasteiger partial charge on any atom is 0.416 e. The van der Waals surface area contributed by atoms with Gasteiger partial charge in [0.1, 0.15) is 11.6 Å². The topological polar surface area (TPSA) is 12.0 Å². The summed E-state index contributed by atoms with van der Waals surface area (Å²) < 4.78 is 63.3. The summed E-state index contributed by atoms with van der Waals surface area (Å²) in [5, 5.41) is 2.63. The lowest BCUT2D eigenvalue weighted by molar-refractivity contribution is -0.137. The van der Waals surface area contributed by atoms with Crippen molar-refractivity contribution in [3.8, 4) is 0 Å². The molecule has 0 amide bonds. The highest BCUT2D eigenvalue weighted by molar-refractivity contribution is 5.45. The number of hydrogen-bond acceptors (Lipinski definition) is 1. The van der Waals surface area contributed by atoms with Crippen LogP contribution in [0.15, 0.2) is 42.5 Å². The molecule has 2 aromatic carbocycles. The molecule has 0 aliphatic rings. The molecular weight excluding hydrogens is 277 g/mol. The summed E-state index contributed by atoms with van der Waals surface area (Å²) in [7, 11) is 0. The minimum absolute atomic E-state index is 0.0371. The molecule has 0 aliphatic heterocycles. The van der Waals surface area contributed by atoms with E-state index in [-0.39, 0.29) is 12.2 Å². The van der Waals surface area contributed by atoms with Gasteiger partial charge in [-0.05, 0) is 35.9 Å². The second kappa shape index (κ2) is 5.48. The first-order valence-corrected chi connectivity index (χ1v) is 5.71. The summed E-state index contributed by atoms with van der Waals surface area (Å²) >= 11 is 0. The fourth-order valence-electron chi connectivity index (χ4n) is 1.64. The van der Waals surface area contributed by atoms with Gasteiger partial charge in [-0.15, -0.1) is 0 Å². The zero-order valence-electron chi connectivity index (χ0n) is 10.1. The molecule has 2 aromatic rings. The third-order valence-corrected chi connectivity index (χ3v) is 2.69. The molecule has 0 saturated heterocycles. The average molecular weight is 287 g/mol. The Morgan fingerprint density at radius 3 is 2.15 bits per heavy atom. The molecule has 0 spiro atoms. The van der Waals surface area contributed by atoms with E-state index in [4.69, 9.17) is 0 Å². The van der Waals surface area contributed by atoms with Gasteiger partial charge in [0, 0.05) is 6.54 Å². The Balaban J connectivity index is 2.06. The van der Waals surface area contributed by atoms with E-state index < -0.39 is 23.4 Å². The highest BCUT2D eigenvalue weighted by atomic mass is 19.4. The quantitative estimate of drug-likeness (QED) is 0.814. The van der Waals surface area contributed by atoms with Crippen molar-refractivity contribution in [3.05, 3.63) is 65.2 Å². The Morgan fingerprint density at radius 1 is 0.900 bits per heavy atom. The first-order valence-electron chi connectivity index (χ1n) is 5.71. The molecule has 0 heterocycles. The van der Waals surface area contributed by atoms with Crippen LogP contribution >= 0.6 is 0 Å². The van der Waals surface area contributed by atoms with Crippen LogP contribution in [0.2, 0.25) is 0 Å². The molecule has 0 atom stereocenters. The van der Waals surface area contributed by atoms with Crippen LogP contribution in [0, 0.1) is 11.6 Å². The molecule has 0 radical (unpaired) electrons. The van der Waals surface area contributed by atoms with Crippen molar-refractivity contribution in [2.75, 3.05) is 5.32 Å². The van der Waals surface area contributed by atoms with Crippen LogP contribution in [0.25, 0.3) is 0 Å². The molecule has 0 bridgehead atoms. The molecule has 1 N–H and O–H groups in total. The van der Waals surface area contributed by atoms with E-state index in [0.29, 0.717) is 5.56 Å². The molecule has 0 saturated carbocycles. The van der Waals surface area contributed by atoms with Gasteiger partial charge < -0.3 is 5.32 Å². The molecule has 0 aliphatic carbocycles. The largest absolute Gasteiger partial charge is 0.416 e. The lowest BCUT2D eigenvalue weighted by Crippen LogP contribution is -2.06. The van der Waals surface area contributed by atoms with Crippen molar-refractivity contribution in [2.24, 2.45) is 0 Å². The van der Waals surface area contributed by atoms with Gasteiger partial charge in [-0.2, -0.15) is 13.2 Å². The summed E-state index contributed by atoms with van der Waals surface area (Å²) in [4.78, 5) is 0. The zero-order chi connectivity index (χ0) is 14.8. The first-order chi connectivity index (χ1) is 9.36. The molecule has 6 heteroatoms. The minimum Gasteiger partial charge on any atom is -0.379 e. The molecule has 106 valence electrons. The van der Waals surface area contributed by atoms with Crippen LogP contribution in [-0.4, -0.2) is 0 Å². The fraction of sp³-hybridized carbons (Fsp3) is 0.143. The predicted octanol–water partition coefficient (Wildman–Crippen LogP) is 4.60. The maximum absolute atomic E-state index is 13.3. The van der Waals surface area contributed by atoms with E-state index in [1.165, 1.54) is 12.1 Å². The molecule has 0 unspecified atom stereocenters. The monoisotopic (exact) mass is 287 g/mol. The van der Waals surface area contributed by atoms with Gasteiger partial charge in [-0.3, -0.25) is 0 Å². The minimum atomic E-state index is -4.39. The number of halogens is 5. The van der Waals surface area contributed by atoms with Crippen LogP contribution in [0.3, 0.4) is 0 Å². The van der Waals surface area contributed by atoms with E-state index in [1.54, 1.807) is 0 Å². The normalized spacial score (nSPS) is 11.4. The van der Waals surface area contributed by atoms with Gasteiger partial charge in [0.25, 0.3) is 0 Å². The molecule has 1 nitrogen and oxygen atoms in total. The highest BCUT2D eigenvalue weighted by Crippen LogP contribution is 2.29. The van der Waals surface area contributed by atoms with E-state index in [0.717, 1.165) is 30.3 Å². The molecule has 2 rings (SSSR count).